The number of benzene rings is 3. The summed E-state index contributed by atoms with van der Waals surface area (Å²) >= 11 is 12.7. The van der Waals surface area contributed by atoms with Crippen molar-refractivity contribution < 1.29 is 14.3 Å². The van der Waals surface area contributed by atoms with Crippen molar-refractivity contribution in [2.75, 3.05) is 16.8 Å². The number of carbonyl (C=O) groups excluding carboxylic acids is 2. The smallest absolute Gasteiger partial charge is 0.270 e. The Morgan fingerprint density at radius 3 is 2.44 bits per heavy atom. The van der Waals surface area contributed by atoms with Crippen molar-refractivity contribution in [1.29, 1.82) is 0 Å². The van der Waals surface area contributed by atoms with Crippen LogP contribution in [0.15, 0.2) is 83.8 Å². The molecular formula is C24H17ClN2O3S2. The van der Waals surface area contributed by atoms with Gasteiger partial charge in [-0.05, 0) is 48.0 Å². The van der Waals surface area contributed by atoms with Crippen LogP contribution in [0.1, 0.15) is 5.56 Å². The predicted molar refractivity (Wildman–Crippen MR) is 134 cm³/mol. The van der Waals surface area contributed by atoms with Gasteiger partial charge in [-0.3, -0.25) is 14.5 Å². The number of thioether (sulfide) groups is 1. The Labute approximate surface area is 200 Å². The molecule has 4 rings (SSSR count). The van der Waals surface area contributed by atoms with Crippen molar-refractivity contribution >= 4 is 69.2 Å². The standard InChI is InChI=1S/C24H17ClN2O3S2/c25-19-8-4-5-9-20(19)26-22(28)15-30-18-12-10-16(11-13-18)14-21-23(29)27(24(31)32-21)17-6-2-1-3-7-17/h1-14H,15H2,(H,26,28)/b21-14-. The molecule has 2 amide bonds. The summed E-state index contributed by atoms with van der Waals surface area (Å²) in [6.45, 7) is -0.152. The lowest BCUT2D eigenvalue weighted by Crippen LogP contribution is -2.27. The lowest BCUT2D eigenvalue weighted by molar-refractivity contribution is -0.118. The van der Waals surface area contributed by atoms with Crippen molar-refractivity contribution in [3.05, 3.63) is 94.4 Å². The molecule has 1 saturated heterocycles. The summed E-state index contributed by atoms with van der Waals surface area (Å²) < 4.78 is 6.04. The fourth-order valence-corrected chi connectivity index (χ4v) is 4.46. The molecule has 0 saturated carbocycles. The quantitative estimate of drug-likeness (QED) is 0.359. The van der Waals surface area contributed by atoms with Crippen LogP contribution in [0.5, 0.6) is 5.75 Å². The Hall–Kier alpha value is -3.13. The van der Waals surface area contributed by atoms with E-state index < -0.39 is 0 Å². The maximum Gasteiger partial charge on any atom is 0.270 e. The Bertz CT molecular complexity index is 1200. The minimum Gasteiger partial charge on any atom is -0.484 e. The number of nitrogens with one attached hydrogen (secondary N) is 1. The van der Waals surface area contributed by atoms with Crippen molar-refractivity contribution in [3.8, 4) is 5.75 Å². The molecule has 3 aromatic rings. The molecule has 0 radical (unpaired) electrons. The van der Waals surface area contributed by atoms with E-state index in [1.807, 2.05) is 42.5 Å². The number of thiocarbonyl (C=S) groups is 1. The fraction of sp³-hybridized carbons (Fsp3) is 0.0417. The first-order chi connectivity index (χ1) is 15.5. The molecule has 0 aliphatic carbocycles. The van der Waals surface area contributed by atoms with Gasteiger partial charge in [-0.2, -0.15) is 0 Å². The molecule has 8 heteroatoms. The van der Waals surface area contributed by atoms with Crippen LogP contribution in [0, 0.1) is 0 Å². The van der Waals surface area contributed by atoms with Crippen LogP contribution in [0.25, 0.3) is 6.08 Å². The molecule has 1 heterocycles. The molecule has 3 aromatic carbocycles. The van der Waals surface area contributed by atoms with Gasteiger partial charge in [0.2, 0.25) is 0 Å². The van der Waals surface area contributed by atoms with Gasteiger partial charge in [-0.1, -0.05) is 78.0 Å². The molecule has 1 aliphatic rings. The zero-order valence-electron chi connectivity index (χ0n) is 16.7. The third-order valence-corrected chi connectivity index (χ3v) is 6.14. The number of carbonyl (C=O) groups is 2. The lowest BCUT2D eigenvalue weighted by atomic mass is 10.2. The summed E-state index contributed by atoms with van der Waals surface area (Å²) in [4.78, 5) is 27.0. The van der Waals surface area contributed by atoms with Crippen molar-refractivity contribution in [2.24, 2.45) is 0 Å². The predicted octanol–water partition coefficient (Wildman–Crippen LogP) is 5.76. The van der Waals surface area contributed by atoms with Crippen molar-refractivity contribution in [2.45, 2.75) is 0 Å². The Morgan fingerprint density at radius 2 is 1.72 bits per heavy atom. The van der Waals surface area contributed by atoms with Crippen LogP contribution < -0.4 is 15.0 Å². The second kappa shape index (κ2) is 9.99. The second-order valence-corrected chi connectivity index (χ2v) is 8.82. The summed E-state index contributed by atoms with van der Waals surface area (Å²) in [7, 11) is 0. The normalized spacial score (nSPS) is 14.7. The SMILES string of the molecule is O=C(COc1ccc(/C=C2\SC(=S)N(c3ccccc3)C2=O)cc1)Nc1ccccc1Cl. The summed E-state index contributed by atoms with van der Waals surface area (Å²) in [6.07, 6.45) is 1.79. The number of anilines is 2. The number of nitrogens with zero attached hydrogens (tertiary/aromatic N) is 1. The van der Waals surface area contributed by atoms with E-state index in [0.29, 0.717) is 25.7 Å². The average Bonchev–Trinajstić information content (AvgIpc) is 3.08. The van der Waals surface area contributed by atoms with E-state index >= 15 is 0 Å². The Balaban J connectivity index is 1.37. The van der Waals surface area contributed by atoms with E-state index in [1.165, 1.54) is 16.7 Å². The number of amides is 2. The molecule has 5 nitrogen and oxygen atoms in total. The van der Waals surface area contributed by atoms with Crippen LogP contribution in [0.2, 0.25) is 5.02 Å². The molecule has 0 aromatic heterocycles. The van der Waals surface area contributed by atoms with Gasteiger partial charge < -0.3 is 10.1 Å². The van der Waals surface area contributed by atoms with Crippen LogP contribution in [0.3, 0.4) is 0 Å². The maximum absolute atomic E-state index is 12.8. The number of rotatable bonds is 6. The highest BCUT2D eigenvalue weighted by molar-refractivity contribution is 8.27. The molecule has 1 aliphatic heterocycles. The molecule has 32 heavy (non-hydrogen) atoms. The van der Waals surface area contributed by atoms with E-state index in [9.17, 15) is 9.59 Å². The van der Waals surface area contributed by atoms with Crippen LogP contribution in [-0.2, 0) is 9.59 Å². The number of para-hydroxylation sites is 2. The molecule has 0 spiro atoms. The van der Waals surface area contributed by atoms with E-state index in [1.54, 1.807) is 42.5 Å². The van der Waals surface area contributed by atoms with Crippen LogP contribution in [0.4, 0.5) is 11.4 Å². The number of halogens is 1. The first-order valence-corrected chi connectivity index (χ1v) is 11.2. The third-order valence-electron chi connectivity index (χ3n) is 4.50. The van der Waals surface area contributed by atoms with E-state index in [4.69, 9.17) is 28.6 Å². The largest absolute Gasteiger partial charge is 0.484 e. The highest BCUT2D eigenvalue weighted by Gasteiger charge is 2.33. The first-order valence-electron chi connectivity index (χ1n) is 9.61. The zero-order chi connectivity index (χ0) is 22.5. The molecule has 0 unspecified atom stereocenters. The summed E-state index contributed by atoms with van der Waals surface area (Å²) in [5, 5.41) is 3.17. The third kappa shape index (κ3) is 5.19. The maximum atomic E-state index is 12.8. The van der Waals surface area contributed by atoms with Crippen molar-refractivity contribution in [3.63, 3.8) is 0 Å². The molecule has 160 valence electrons. The van der Waals surface area contributed by atoms with Crippen LogP contribution in [-0.4, -0.2) is 22.7 Å². The first kappa shape index (κ1) is 22.1. The number of ether oxygens (including phenoxy) is 1. The van der Waals surface area contributed by atoms with Crippen LogP contribution >= 0.6 is 35.6 Å². The average molecular weight is 481 g/mol. The molecular weight excluding hydrogens is 464 g/mol. The van der Waals surface area contributed by atoms with Gasteiger partial charge in [0.05, 0.1) is 21.3 Å². The van der Waals surface area contributed by atoms with Gasteiger partial charge in [0.15, 0.2) is 10.9 Å². The van der Waals surface area contributed by atoms with Gasteiger partial charge in [-0.15, -0.1) is 0 Å². The molecule has 0 bridgehead atoms. The minimum atomic E-state index is -0.313. The van der Waals surface area contributed by atoms with E-state index in [2.05, 4.69) is 5.32 Å². The number of hydrogen-bond acceptors (Lipinski definition) is 5. The van der Waals surface area contributed by atoms with Gasteiger partial charge in [0, 0.05) is 0 Å². The minimum absolute atomic E-state index is 0.150. The molecule has 0 atom stereocenters. The highest BCUT2D eigenvalue weighted by atomic mass is 35.5. The molecule has 1 N–H and O–H groups in total. The van der Waals surface area contributed by atoms with Gasteiger partial charge >= 0.3 is 0 Å². The fourth-order valence-electron chi connectivity index (χ4n) is 2.98. The summed E-state index contributed by atoms with van der Waals surface area (Å²) in [5.74, 6) is 0.0721. The topological polar surface area (TPSA) is 58.6 Å². The lowest BCUT2D eigenvalue weighted by Gasteiger charge is -2.13. The van der Waals surface area contributed by atoms with Gasteiger partial charge in [0.25, 0.3) is 11.8 Å². The second-order valence-electron chi connectivity index (χ2n) is 6.74. The number of hydrogen-bond donors (Lipinski definition) is 1. The van der Waals surface area contributed by atoms with Gasteiger partial charge in [0.1, 0.15) is 5.75 Å². The Morgan fingerprint density at radius 1 is 1.03 bits per heavy atom. The molecule has 1 fully saturated rings. The Kier molecular flexibility index (Phi) is 6.90. The zero-order valence-corrected chi connectivity index (χ0v) is 19.0. The highest BCUT2D eigenvalue weighted by Crippen LogP contribution is 2.36. The van der Waals surface area contributed by atoms with E-state index in [-0.39, 0.29) is 18.4 Å². The monoisotopic (exact) mass is 480 g/mol. The van der Waals surface area contributed by atoms with Crippen molar-refractivity contribution in [1.82, 2.24) is 0 Å². The van der Waals surface area contributed by atoms with E-state index in [0.717, 1.165) is 11.3 Å². The van der Waals surface area contributed by atoms with Gasteiger partial charge in [-0.25, -0.2) is 0 Å². The summed E-state index contributed by atoms with van der Waals surface area (Å²) in [6, 6.07) is 23.4. The summed E-state index contributed by atoms with van der Waals surface area (Å²) in [5.41, 5.74) is 2.11.